The second-order valence-corrected chi connectivity index (χ2v) is 6.34. The molecule has 4 nitrogen and oxygen atoms in total. The largest absolute Gasteiger partial charge is 0.368 e. The molecule has 1 unspecified atom stereocenters. The van der Waals surface area contributed by atoms with Gasteiger partial charge in [0.15, 0.2) is 12.6 Å². The van der Waals surface area contributed by atoms with Crippen LogP contribution in [0.3, 0.4) is 0 Å². The molecule has 0 saturated carbocycles. The number of hydrogen-bond donors (Lipinski definition) is 0. The first-order chi connectivity index (χ1) is 10.5. The molecule has 2 heterocycles. The Morgan fingerprint density at radius 1 is 1.18 bits per heavy atom. The lowest BCUT2D eigenvalue weighted by atomic mass is 10.0. The van der Waals surface area contributed by atoms with Gasteiger partial charge in [-0.1, -0.05) is 32.0 Å². The molecule has 0 bridgehead atoms. The van der Waals surface area contributed by atoms with Gasteiger partial charge in [-0.15, -0.1) is 0 Å². The van der Waals surface area contributed by atoms with E-state index in [2.05, 4.69) is 13.8 Å². The molecule has 5 heteroatoms. The van der Waals surface area contributed by atoms with Crippen LogP contribution in [0, 0.1) is 11.7 Å². The lowest BCUT2D eigenvalue weighted by Gasteiger charge is -2.24. The zero-order chi connectivity index (χ0) is 15.7. The minimum atomic E-state index is -0.385. The smallest absolute Gasteiger partial charge is 0.189 e. The summed E-state index contributed by atoms with van der Waals surface area (Å²) in [6.45, 7) is 6.31. The zero-order valence-corrected chi connectivity index (χ0v) is 13.2. The molecular formula is C17H23FO4. The molecule has 2 aliphatic rings. The molecule has 0 radical (unpaired) electrons. The van der Waals surface area contributed by atoms with Crippen LogP contribution in [0.1, 0.15) is 32.8 Å². The van der Waals surface area contributed by atoms with Gasteiger partial charge in [0, 0.05) is 5.56 Å². The highest BCUT2D eigenvalue weighted by Crippen LogP contribution is 2.36. The van der Waals surface area contributed by atoms with Gasteiger partial charge in [0.2, 0.25) is 0 Å². The highest BCUT2D eigenvalue weighted by atomic mass is 19.1. The molecule has 122 valence electrons. The first-order valence-electron chi connectivity index (χ1n) is 7.86. The Hall–Kier alpha value is -1.01. The minimum absolute atomic E-state index is 0.0886. The average molecular weight is 310 g/mol. The van der Waals surface area contributed by atoms with E-state index in [0.717, 1.165) is 6.42 Å². The minimum Gasteiger partial charge on any atom is -0.368 e. The summed E-state index contributed by atoms with van der Waals surface area (Å²) in [4.78, 5) is 0. The van der Waals surface area contributed by atoms with Crippen LogP contribution in [-0.2, 0) is 25.6 Å². The van der Waals surface area contributed by atoms with E-state index in [9.17, 15) is 4.39 Å². The molecule has 2 aliphatic heterocycles. The number of ether oxygens (including phenoxy) is 4. The third-order valence-corrected chi connectivity index (χ3v) is 4.03. The van der Waals surface area contributed by atoms with E-state index in [4.69, 9.17) is 18.9 Å². The van der Waals surface area contributed by atoms with Gasteiger partial charge in [0.25, 0.3) is 0 Å². The quantitative estimate of drug-likeness (QED) is 0.836. The van der Waals surface area contributed by atoms with E-state index in [1.54, 1.807) is 18.2 Å². The summed E-state index contributed by atoms with van der Waals surface area (Å²) < 4.78 is 37.0. The Morgan fingerprint density at radius 3 is 2.68 bits per heavy atom. The molecule has 0 amide bonds. The molecule has 1 aromatic carbocycles. The summed E-state index contributed by atoms with van der Waals surface area (Å²) in [6, 6.07) is 6.65. The summed E-state index contributed by atoms with van der Waals surface area (Å²) in [5.74, 6) is 0.219. The first kappa shape index (κ1) is 15.9. The van der Waals surface area contributed by atoms with Crippen molar-refractivity contribution in [1.82, 2.24) is 0 Å². The molecule has 1 aromatic rings. The van der Waals surface area contributed by atoms with Gasteiger partial charge in [-0.25, -0.2) is 4.39 Å². The molecular weight excluding hydrogens is 287 g/mol. The van der Waals surface area contributed by atoms with Crippen LogP contribution >= 0.6 is 0 Å². The molecule has 2 fully saturated rings. The van der Waals surface area contributed by atoms with Crippen LogP contribution in [-0.4, -0.2) is 30.9 Å². The topological polar surface area (TPSA) is 36.9 Å². The van der Waals surface area contributed by atoms with Crippen LogP contribution in [0.15, 0.2) is 24.3 Å². The maximum Gasteiger partial charge on any atom is 0.189 e. The second-order valence-electron chi connectivity index (χ2n) is 6.34. The SMILES string of the molecule is CC(C)C[C@H]1O[C@@H]2OC(C)O[C@@H]2[C@H]1OCc1ccccc1F. The van der Waals surface area contributed by atoms with E-state index in [1.165, 1.54) is 6.07 Å². The first-order valence-corrected chi connectivity index (χ1v) is 7.86. The monoisotopic (exact) mass is 310 g/mol. The number of benzene rings is 1. The third-order valence-electron chi connectivity index (χ3n) is 4.03. The van der Waals surface area contributed by atoms with E-state index in [-0.39, 0.29) is 43.3 Å². The van der Waals surface area contributed by atoms with Gasteiger partial charge in [-0.3, -0.25) is 0 Å². The third kappa shape index (κ3) is 3.33. The second kappa shape index (κ2) is 6.62. The van der Waals surface area contributed by atoms with Crippen LogP contribution in [0.5, 0.6) is 0 Å². The van der Waals surface area contributed by atoms with E-state index >= 15 is 0 Å². The van der Waals surface area contributed by atoms with Crippen LogP contribution in [0.25, 0.3) is 0 Å². The Morgan fingerprint density at radius 2 is 1.95 bits per heavy atom. The molecule has 0 aliphatic carbocycles. The molecule has 5 atom stereocenters. The number of halogens is 1. The van der Waals surface area contributed by atoms with Crippen molar-refractivity contribution in [2.24, 2.45) is 5.92 Å². The number of hydrogen-bond acceptors (Lipinski definition) is 4. The van der Waals surface area contributed by atoms with Crippen molar-refractivity contribution in [3.63, 3.8) is 0 Å². The fourth-order valence-corrected chi connectivity index (χ4v) is 3.04. The van der Waals surface area contributed by atoms with Crippen molar-refractivity contribution in [3.05, 3.63) is 35.6 Å². The fraction of sp³-hybridized carbons (Fsp3) is 0.647. The van der Waals surface area contributed by atoms with Crippen molar-refractivity contribution in [2.45, 2.75) is 64.7 Å². The van der Waals surface area contributed by atoms with E-state index in [0.29, 0.717) is 11.5 Å². The molecule has 22 heavy (non-hydrogen) atoms. The van der Waals surface area contributed by atoms with E-state index < -0.39 is 0 Å². The van der Waals surface area contributed by atoms with Gasteiger partial charge in [-0.05, 0) is 25.3 Å². The van der Waals surface area contributed by atoms with Gasteiger partial charge in [0.1, 0.15) is 18.0 Å². The van der Waals surface area contributed by atoms with Crippen molar-refractivity contribution in [2.75, 3.05) is 0 Å². The Balaban J connectivity index is 1.68. The lowest BCUT2D eigenvalue weighted by Crippen LogP contribution is -2.35. The Labute approximate surface area is 130 Å². The normalized spacial score (nSPS) is 34.3. The molecule has 2 saturated heterocycles. The Bertz CT molecular complexity index is 507. The van der Waals surface area contributed by atoms with Crippen LogP contribution < -0.4 is 0 Å². The Kier molecular flexibility index (Phi) is 4.78. The lowest BCUT2D eigenvalue weighted by molar-refractivity contribution is -0.170. The van der Waals surface area contributed by atoms with Crippen LogP contribution in [0.2, 0.25) is 0 Å². The summed E-state index contributed by atoms with van der Waals surface area (Å²) >= 11 is 0. The number of rotatable bonds is 5. The highest BCUT2D eigenvalue weighted by molar-refractivity contribution is 5.16. The fourth-order valence-electron chi connectivity index (χ4n) is 3.04. The summed E-state index contributed by atoms with van der Waals surface area (Å²) in [5.41, 5.74) is 0.543. The maximum atomic E-state index is 13.7. The zero-order valence-electron chi connectivity index (χ0n) is 13.2. The molecule has 3 rings (SSSR count). The van der Waals surface area contributed by atoms with Crippen molar-refractivity contribution in [1.29, 1.82) is 0 Å². The molecule has 0 N–H and O–H groups in total. The number of fused-ring (bicyclic) bond motifs is 1. The summed E-state index contributed by atoms with van der Waals surface area (Å²) in [7, 11) is 0. The summed E-state index contributed by atoms with van der Waals surface area (Å²) in [5, 5.41) is 0. The van der Waals surface area contributed by atoms with E-state index in [1.807, 2.05) is 6.92 Å². The highest BCUT2D eigenvalue weighted by Gasteiger charge is 2.51. The summed E-state index contributed by atoms with van der Waals surface area (Å²) in [6.07, 6.45) is -0.397. The maximum absolute atomic E-state index is 13.7. The van der Waals surface area contributed by atoms with Crippen molar-refractivity contribution < 1.29 is 23.3 Å². The predicted molar refractivity (Wildman–Crippen MR) is 78.5 cm³/mol. The van der Waals surface area contributed by atoms with Gasteiger partial charge < -0.3 is 18.9 Å². The standard InChI is InChI=1S/C17H23FO4/c1-10(2)8-14-15(16-17(22-14)21-11(3)20-16)19-9-12-6-4-5-7-13(12)18/h4-7,10-11,14-17H,8-9H2,1-3H3/t11?,14-,15+,16-,17+/m1/s1. The van der Waals surface area contributed by atoms with Gasteiger partial charge in [-0.2, -0.15) is 0 Å². The molecule has 0 spiro atoms. The van der Waals surface area contributed by atoms with Crippen LogP contribution in [0.4, 0.5) is 4.39 Å². The van der Waals surface area contributed by atoms with Gasteiger partial charge >= 0.3 is 0 Å². The average Bonchev–Trinajstić information content (AvgIpc) is 2.94. The van der Waals surface area contributed by atoms with Gasteiger partial charge in [0.05, 0.1) is 12.7 Å². The predicted octanol–water partition coefficient (Wildman–Crippen LogP) is 3.24. The van der Waals surface area contributed by atoms with Crippen molar-refractivity contribution in [3.8, 4) is 0 Å². The van der Waals surface area contributed by atoms with Crippen molar-refractivity contribution >= 4 is 0 Å². The molecule has 0 aromatic heterocycles.